The Morgan fingerprint density at radius 2 is 2.15 bits per heavy atom. The average Bonchev–Trinajstić information content (AvgIpc) is 2.84. The molecule has 0 aliphatic carbocycles. The number of carbonyl (C=O) groups is 1. The molecule has 104 valence electrons. The Morgan fingerprint density at radius 1 is 1.40 bits per heavy atom. The van der Waals surface area contributed by atoms with E-state index in [0.29, 0.717) is 27.9 Å². The molecule has 2 aliphatic heterocycles. The molecule has 0 saturated carbocycles. The molecule has 0 aromatic heterocycles. The van der Waals surface area contributed by atoms with E-state index in [0.717, 1.165) is 5.56 Å². The van der Waals surface area contributed by atoms with Gasteiger partial charge in [-0.15, -0.1) is 0 Å². The van der Waals surface area contributed by atoms with Crippen LogP contribution in [-0.4, -0.2) is 17.8 Å². The monoisotopic (exact) mass is 291 g/mol. The lowest BCUT2D eigenvalue weighted by molar-refractivity contribution is -0.115. The van der Waals surface area contributed by atoms with Gasteiger partial charge in [-0.3, -0.25) is 4.79 Å². The second-order valence-electron chi connectivity index (χ2n) is 4.55. The van der Waals surface area contributed by atoms with Crippen molar-refractivity contribution in [2.75, 3.05) is 6.79 Å². The van der Waals surface area contributed by atoms with Gasteiger partial charge in [0.2, 0.25) is 12.7 Å². The summed E-state index contributed by atoms with van der Waals surface area (Å²) in [5.74, 6) is 0.842. The van der Waals surface area contributed by atoms with Crippen LogP contribution in [0.3, 0.4) is 0 Å². The number of nitrogens with one attached hydrogen (secondary N) is 2. The SMILES string of the molecule is CC1=C(C(N)=O)C(c2ccc3c(c2)OCO3)NC(=S)N1. The Bertz CT molecular complexity index is 642. The molecule has 3 rings (SSSR count). The number of nitrogens with two attached hydrogens (primary N) is 1. The van der Waals surface area contributed by atoms with Gasteiger partial charge in [0.05, 0.1) is 11.6 Å². The highest BCUT2D eigenvalue weighted by atomic mass is 32.1. The van der Waals surface area contributed by atoms with Gasteiger partial charge in [-0.2, -0.15) is 0 Å². The van der Waals surface area contributed by atoms with Crippen molar-refractivity contribution in [2.24, 2.45) is 5.73 Å². The lowest BCUT2D eigenvalue weighted by Crippen LogP contribution is -2.46. The first kappa shape index (κ1) is 12.7. The summed E-state index contributed by atoms with van der Waals surface area (Å²) in [5.41, 5.74) is 7.42. The van der Waals surface area contributed by atoms with E-state index in [2.05, 4.69) is 10.6 Å². The van der Waals surface area contributed by atoms with E-state index in [9.17, 15) is 4.79 Å². The fourth-order valence-electron chi connectivity index (χ4n) is 2.36. The molecular formula is C13H13N3O3S. The number of carbonyl (C=O) groups excluding carboxylic acids is 1. The van der Waals surface area contributed by atoms with Gasteiger partial charge in [-0.25, -0.2) is 0 Å². The first-order valence-corrected chi connectivity index (χ1v) is 6.44. The number of hydrogen-bond donors (Lipinski definition) is 3. The lowest BCUT2D eigenvalue weighted by atomic mass is 9.95. The van der Waals surface area contributed by atoms with E-state index in [1.54, 1.807) is 13.0 Å². The number of hydrogen-bond acceptors (Lipinski definition) is 4. The fraction of sp³-hybridized carbons (Fsp3) is 0.231. The maximum Gasteiger partial charge on any atom is 0.248 e. The predicted molar refractivity (Wildman–Crippen MR) is 76.1 cm³/mol. The third kappa shape index (κ3) is 2.05. The third-order valence-corrected chi connectivity index (χ3v) is 3.48. The van der Waals surface area contributed by atoms with Crippen molar-refractivity contribution >= 4 is 23.2 Å². The highest BCUT2D eigenvalue weighted by molar-refractivity contribution is 7.80. The van der Waals surface area contributed by atoms with Crippen molar-refractivity contribution in [3.05, 3.63) is 35.0 Å². The zero-order valence-corrected chi connectivity index (χ0v) is 11.5. The van der Waals surface area contributed by atoms with Crippen LogP contribution in [0.1, 0.15) is 18.5 Å². The van der Waals surface area contributed by atoms with Crippen LogP contribution in [-0.2, 0) is 4.79 Å². The molecule has 2 heterocycles. The van der Waals surface area contributed by atoms with E-state index in [4.69, 9.17) is 27.4 Å². The molecule has 0 bridgehead atoms. The van der Waals surface area contributed by atoms with Crippen LogP contribution in [0.15, 0.2) is 29.5 Å². The van der Waals surface area contributed by atoms with Crippen molar-refractivity contribution < 1.29 is 14.3 Å². The Labute approximate surface area is 120 Å². The molecule has 1 atom stereocenters. The van der Waals surface area contributed by atoms with Gasteiger partial charge in [0, 0.05) is 5.70 Å². The molecule has 0 saturated heterocycles. The molecule has 20 heavy (non-hydrogen) atoms. The Balaban J connectivity index is 2.05. The molecule has 0 spiro atoms. The number of amides is 1. The molecule has 0 fully saturated rings. The number of rotatable bonds is 2. The van der Waals surface area contributed by atoms with E-state index in [-0.39, 0.29) is 6.79 Å². The standard InChI is InChI=1S/C13H13N3O3S/c1-6-10(12(14)17)11(16-13(20)15-6)7-2-3-8-9(4-7)19-5-18-8/h2-4,11H,5H2,1H3,(H2,14,17)(H2,15,16,20). The Hall–Kier alpha value is -2.28. The quantitative estimate of drug-likeness (QED) is 0.695. The second kappa shape index (κ2) is 4.68. The van der Waals surface area contributed by atoms with E-state index >= 15 is 0 Å². The number of ether oxygens (including phenoxy) is 2. The minimum absolute atomic E-state index is 0.203. The van der Waals surface area contributed by atoms with Crippen molar-refractivity contribution in [3.63, 3.8) is 0 Å². The van der Waals surface area contributed by atoms with E-state index < -0.39 is 11.9 Å². The fourth-order valence-corrected chi connectivity index (χ4v) is 2.63. The van der Waals surface area contributed by atoms with Crippen LogP contribution in [0, 0.1) is 0 Å². The van der Waals surface area contributed by atoms with Crippen LogP contribution >= 0.6 is 12.2 Å². The van der Waals surface area contributed by atoms with E-state index in [1.165, 1.54) is 0 Å². The Morgan fingerprint density at radius 3 is 2.90 bits per heavy atom. The van der Waals surface area contributed by atoms with E-state index in [1.807, 2.05) is 12.1 Å². The lowest BCUT2D eigenvalue weighted by Gasteiger charge is -2.29. The summed E-state index contributed by atoms with van der Waals surface area (Å²) in [4.78, 5) is 11.7. The maximum atomic E-state index is 11.7. The first-order chi connectivity index (χ1) is 9.56. The molecule has 0 radical (unpaired) electrons. The summed E-state index contributed by atoms with van der Waals surface area (Å²) in [7, 11) is 0. The van der Waals surface area contributed by atoms with Crippen molar-refractivity contribution in [1.82, 2.24) is 10.6 Å². The molecule has 1 aromatic carbocycles. The number of thiocarbonyl (C=S) groups is 1. The first-order valence-electron chi connectivity index (χ1n) is 6.04. The minimum Gasteiger partial charge on any atom is -0.454 e. The van der Waals surface area contributed by atoms with Crippen LogP contribution < -0.4 is 25.8 Å². The largest absolute Gasteiger partial charge is 0.454 e. The number of fused-ring (bicyclic) bond motifs is 1. The molecule has 2 aliphatic rings. The molecular weight excluding hydrogens is 278 g/mol. The van der Waals surface area contributed by atoms with Crippen molar-refractivity contribution in [1.29, 1.82) is 0 Å². The molecule has 1 aromatic rings. The van der Waals surface area contributed by atoms with Crippen molar-refractivity contribution in [2.45, 2.75) is 13.0 Å². The number of allylic oxidation sites excluding steroid dienone is 1. The van der Waals surface area contributed by atoms with Crippen LogP contribution in [0.2, 0.25) is 0 Å². The summed E-state index contributed by atoms with van der Waals surface area (Å²) in [6.45, 7) is 1.97. The van der Waals surface area contributed by atoms with Gasteiger partial charge < -0.3 is 25.8 Å². The molecule has 7 heteroatoms. The topological polar surface area (TPSA) is 85.6 Å². The third-order valence-electron chi connectivity index (χ3n) is 3.26. The van der Waals surface area contributed by atoms with Crippen LogP contribution in [0.25, 0.3) is 0 Å². The van der Waals surface area contributed by atoms with Crippen LogP contribution in [0.5, 0.6) is 11.5 Å². The molecule has 4 N–H and O–H groups in total. The normalized spacial score (nSPS) is 20.4. The predicted octanol–water partition coefficient (Wildman–Crippen LogP) is 0.693. The zero-order chi connectivity index (χ0) is 14.3. The minimum atomic E-state index is -0.493. The highest BCUT2D eigenvalue weighted by Gasteiger charge is 2.29. The van der Waals surface area contributed by atoms with Gasteiger partial charge in [-0.05, 0) is 36.8 Å². The van der Waals surface area contributed by atoms with Gasteiger partial charge in [0.15, 0.2) is 16.6 Å². The smallest absolute Gasteiger partial charge is 0.248 e. The molecule has 1 unspecified atom stereocenters. The highest BCUT2D eigenvalue weighted by Crippen LogP contribution is 2.36. The summed E-state index contributed by atoms with van der Waals surface area (Å²) < 4.78 is 10.6. The Kier molecular flexibility index (Phi) is 2.98. The number of primary amides is 1. The summed E-state index contributed by atoms with van der Waals surface area (Å²) in [5, 5.41) is 6.41. The molecule has 6 nitrogen and oxygen atoms in total. The average molecular weight is 291 g/mol. The van der Waals surface area contributed by atoms with Crippen molar-refractivity contribution in [3.8, 4) is 11.5 Å². The van der Waals surface area contributed by atoms with Gasteiger partial charge in [-0.1, -0.05) is 6.07 Å². The van der Waals surface area contributed by atoms with Gasteiger partial charge in [0.1, 0.15) is 0 Å². The van der Waals surface area contributed by atoms with Gasteiger partial charge in [0.25, 0.3) is 0 Å². The summed E-state index contributed by atoms with van der Waals surface area (Å²) in [6.07, 6.45) is 0. The maximum absolute atomic E-state index is 11.7. The summed E-state index contributed by atoms with van der Waals surface area (Å²) >= 11 is 5.13. The summed E-state index contributed by atoms with van der Waals surface area (Å²) in [6, 6.07) is 5.09. The van der Waals surface area contributed by atoms with Gasteiger partial charge >= 0.3 is 0 Å². The number of benzene rings is 1. The second-order valence-corrected chi connectivity index (χ2v) is 4.96. The molecule has 1 amide bonds. The van der Waals surface area contributed by atoms with Crippen LogP contribution in [0.4, 0.5) is 0 Å². The zero-order valence-electron chi connectivity index (χ0n) is 10.7.